The third-order valence-electron chi connectivity index (χ3n) is 6.00. The van der Waals surface area contributed by atoms with Crippen LogP contribution in [0.1, 0.15) is 47.7 Å². The minimum atomic E-state index is -1.32. The zero-order valence-corrected chi connectivity index (χ0v) is 21.4. The van der Waals surface area contributed by atoms with Gasteiger partial charge in [-0.25, -0.2) is 4.79 Å². The molecule has 2 aromatic heterocycles. The van der Waals surface area contributed by atoms with Gasteiger partial charge in [0.05, 0.1) is 24.2 Å². The van der Waals surface area contributed by atoms with Crippen LogP contribution in [0.3, 0.4) is 0 Å². The van der Waals surface area contributed by atoms with Crippen molar-refractivity contribution >= 4 is 5.97 Å². The number of nitrogens with zero attached hydrogens (tertiary/aromatic N) is 4. The van der Waals surface area contributed by atoms with Crippen molar-refractivity contribution in [3.8, 4) is 11.4 Å². The third kappa shape index (κ3) is 5.83. The number of para-hydroxylation sites is 1. The molecule has 0 radical (unpaired) electrons. The topological polar surface area (TPSA) is 93.6 Å². The number of rotatable bonds is 10. The van der Waals surface area contributed by atoms with Gasteiger partial charge in [-0.1, -0.05) is 30.3 Å². The van der Waals surface area contributed by atoms with Gasteiger partial charge >= 0.3 is 5.97 Å². The maximum absolute atomic E-state index is 11.6. The Kier molecular flexibility index (Phi) is 7.26. The molecule has 2 heterocycles. The van der Waals surface area contributed by atoms with Crippen LogP contribution in [0, 0.1) is 20.8 Å². The van der Waals surface area contributed by atoms with Gasteiger partial charge in [0.1, 0.15) is 17.2 Å². The molecular formula is C28H32N4O4. The largest absolute Gasteiger partial charge is 0.478 e. The van der Waals surface area contributed by atoms with Crippen LogP contribution >= 0.6 is 0 Å². The summed E-state index contributed by atoms with van der Waals surface area (Å²) in [4.78, 5) is 15.5. The van der Waals surface area contributed by atoms with E-state index in [2.05, 4.69) is 10.00 Å². The van der Waals surface area contributed by atoms with Crippen LogP contribution in [0.5, 0.6) is 5.75 Å². The quantitative estimate of drug-likeness (QED) is 0.327. The number of carbonyl (C=O) groups is 1. The average Bonchev–Trinajstić information content (AvgIpc) is 3.46. The molecule has 0 amide bonds. The van der Waals surface area contributed by atoms with Crippen LogP contribution in [0.4, 0.5) is 0 Å². The monoisotopic (exact) mass is 488 g/mol. The number of carboxylic acid groups (broad SMARTS) is 1. The molecule has 0 saturated carbocycles. The molecule has 4 aromatic rings. The normalized spacial score (nSPS) is 11.7. The molecule has 36 heavy (non-hydrogen) atoms. The van der Waals surface area contributed by atoms with Gasteiger partial charge in [-0.05, 0) is 75.6 Å². The first-order valence-electron chi connectivity index (χ1n) is 11.9. The second-order valence-electron chi connectivity index (χ2n) is 9.56. The summed E-state index contributed by atoms with van der Waals surface area (Å²) in [6.45, 7) is 10.8. The highest BCUT2D eigenvalue weighted by molar-refractivity contribution is 5.77. The third-order valence-corrected chi connectivity index (χ3v) is 6.00. The summed E-state index contributed by atoms with van der Waals surface area (Å²) in [5.41, 5.74) is 4.23. The lowest BCUT2D eigenvalue weighted by molar-refractivity contribution is -0.152. The lowest BCUT2D eigenvalue weighted by atomic mass is 10.0. The molecule has 0 aliphatic carbocycles. The van der Waals surface area contributed by atoms with E-state index in [1.165, 1.54) is 0 Å². The zero-order chi connectivity index (χ0) is 25.9. The zero-order valence-electron chi connectivity index (χ0n) is 21.4. The molecule has 0 fully saturated rings. The van der Waals surface area contributed by atoms with Crippen molar-refractivity contribution < 1.29 is 19.1 Å². The Bertz CT molecular complexity index is 1300. The van der Waals surface area contributed by atoms with Crippen LogP contribution in [-0.2, 0) is 24.4 Å². The number of hydrogen-bond acceptors (Lipinski definition) is 6. The predicted molar refractivity (Wildman–Crippen MR) is 136 cm³/mol. The lowest BCUT2D eigenvalue weighted by Crippen LogP contribution is -2.38. The Balaban J connectivity index is 1.59. The van der Waals surface area contributed by atoms with Crippen LogP contribution in [0.15, 0.2) is 65.3 Å². The molecular weight excluding hydrogens is 456 g/mol. The highest BCUT2D eigenvalue weighted by Crippen LogP contribution is 2.29. The first-order valence-corrected chi connectivity index (χ1v) is 11.9. The van der Waals surface area contributed by atoms with E-state index in [-0.39, 0.29) is 0 Å². The molecule has 0 aliphatic heterocycles. The van der Waals surface area contributed by atoms with Crippen molar-refractivity contribution in [1.82, 2.24) is 19.9 Å². The molecule has 8 nitrogen and oxygen atoms in total. The summed E-state index contributed by atoms with van der Waals surface area (Å²) >= 11 is 0. The second kappa shape index (κ2) is 10.4. The maximum Gasteiger partial charge on any atom is 0.347 e. The summed E-state index contributed by atoms with van der Waals surface area (Å²) in [6, 6.07) is 17.8. The highest BCUT2D eigenvalue weighted by atomic mass is 16.5. The Hall–Kier alpha value is -3.91. The first kappa shape index (κ1) is 25.2. The summed E-state index contributed by atoms with van der Waals surface area (Å²) in [5, 5.41) is 18.8. The summed E-state index contributed by atoms with van der Waals surface area (Å²) in [6.07, 6.45) is 1.68. The minimum Gasteiger partial charge on any atom is -0.478 e. The molecule has 1 N–H and O–H groups in total. The van der Waals surface area contributed by atoms with Gasteiger partial charge in [0.2, 0.25) is 0 Å². The van der Waals surface area contributed by atoms with E-state index in [0.29, 0.717) is 25.4 Å². The van der Waals surface area contributed by atoms with Gasteiger partial charge in [-0.2, -0.15) is 15.0 Å². The van der Waals surface area contributed by atoms with E-state index in [1.54, 1.807) is 24.9 Å². The van der Waals surface area contributed by atoms with E-state index in [0.717, 1.165) is 39.5 Å². The molecule has 0 atom stereocenters. The van der Waals surface area contributed by atoms with Crippen molar-refractivity contribution in [2.75, 3.05) is 0 Å². The fourth-order valence-electron chi connectivity index (χ4n) is 4.08. The number of benzene rings is 2. The maximum atomic E-state index is 11.6. The minimum absolute atomic E-state index is 0.585. The number of aryl methyl sites for hydroxylation is 3. The fourth-order valence-corrected chi connectivity index (χ4v) is 4.08. The van der Waals surface area contributed by atoms with Crippen LogP contribution in [0.2, 0.25) is 0 Å². The van der Waals surface area contributed by atoms with E-state index >= 15 is 0 Å². The van der Waals surface area contributed by atoms with Gasteiger partial charge < -0.3 is 14.3 Å². The summed E-state index contributed by atoms with van der Waals surface area (Å²) in [5.74, 6) is 0.457. The van der Waals surface area contributed by atoms with Crippen LogP contribution < -0.4 is 4.74 Å². The molecule has 0 saturated heterocycles. The smallest absolute Gasteiger partial charge is 0.347 e. The van der Waals surface area contributed by atoms with E-state index in [4.69, 9.17) is 14.3 Å². The Morgan fingerprint density at radius 1 is 1.00 bits per heavy atom. The van der Waals surface area contributed by atoms with E-state index in [1.807, 2.05) is 75.4 Å². The lowest BCUT2D eigenvalue weighted by Gasteiger charge is -2.25. The number of hydrogen-bond donors (Lipinski definition) is 1. The highest BCUT2D eigenvalue weighted by Gasteiger charge is 2.30. The standard InChI is InChI=1S/C28H32N4O4/c1-19-14-22(15-20(2)26(19)36-28(4,5)27(33)34)16-31(17-24-12-9-13-35-24)18-25-21(3)29-32(30-25)23-10-7-6-8-11-23/h6-15H,16-18H2,1-5H3,(H,33,34). The van der Waals surface area contributed by atoms with Crippen molar-refractivity contribution in [2.45, 2.75) is 59.9 Å². The van der Waals surface area contributed by atoms with Gasteiger partial charge in [-0.15, -0.1) is 0 Å². The molecule has 188 valence electrons. The van der Waals surface area contributed by atoms with Gasteiger partial charge in [0, 0.05) is 13.1 Å². The van der Waals surface area contributed by atoms with Gasteiger partial charge in [0.15, 0.2) is 5.60 Å². The number of aliphatic carboxylic acids is 1. The predicted octanol–water partition coefficient (Wildman–Crippen LogP) is 5.23. The summed E-state index contributed by atoms with van der Waals surface area (Å²) in [7, 11) is 0. The molecule has 0 bridgehead atoms. The van der Waals surface area contributed by atoms with Gasteiger partial charge in [-0.3, -0.25) is 4.90 Å². The average molecular weight is 489 g/mol. The fraction of sp³-hybridized carbons (Fsp3) is 0.321. The SMILES string of the molecule is Cc1cc(CN(Cc2ccco2)Cc2nn(-c3ccccc3)nc2C)cc(C)c1OC(C)(C)C(=O)O. The van der Waals surface area contributed by atoms with Crippen molar-refractivity contribution in [3.05, 3.63) is 94.7 Å². The van der Waals surface area contributed by atoms with E-state index < -0.39 is 11.6 Å². The van der Waals surface area contributed by atoms with Crippen LogP contribution in [-0.4, -0.2) is 36.6 Å². The summed E-state index contributed by atoms with van der Waals surface area (Å²) < 4.78 is 11.5. The van der Waals surface area contributed by atoms with Crippen molar-refractivity contribution in [1.29, 1.82) is 0 Å². The first-order chi connectivity index (χ1) is 17.1. The Morgan fingerprint density at radius 2 is 1.69 bits per heavy atom. The molecule has 8 heteroatoms. The molecule has 0 aliphatic rings. The Labute approximate surface area is 211 Å². The number of ether oxygens (including phenoxy) is 1. The Morgan fingerprint density at radius 3 is 2.31 bits per heavy atom. The van der Waals surface area contributed by atoms with Crippen molar-refractivity contribution in [3.63, 3.8) is 0 Å². The molecule has 0 unspecified atom stereocenters. The number of aromatic nitrogens is 3. The number of furan rings is 1. The van der Waals surface area contributed by atoms with Crippen molar-refractivity contribution in [2.24, 2.45) is 0 Å². The molecule has 0 spiro atoms. The van der Waals surface area contributed by atoms with Crippen LogP contribution in [0.25, 0.3) is 5.69 Å². The second-order valence-corrected chi connectivity index (χ2v) is 9.56. The molecule has 2 aromatic carbocycles. The van der Waals surface area contributed by atoms with Gasteiger partial charge in [0.25, 0.3) is 0 Å². The number of carboxylic acids is 1. The van der Waals surface area contributed by atoms with E-state index in [9.17, 15) is 9.90 Å². The molecule has 4 rings (SSSR count).